The summed E-state index contributed by atoms with van der Waals surface area (Å²) in [6.45, 7) is 1.99. The third-order valence-electron chi connectivity index (χ3n) is 5.14. The number of rotatable bonds is 5. The first kappa shape index (κ1) is 20.6. The van der Waals surface area contributed by atoms with Crippen LogP contribution in [0.2, 0.25) is 0 Å². The zero-order chi connectivity index (χ0) is 21.1. The van der Waals surface area contributed by atoms with E-state index in [1.165, 1.54) is 11.3 Å². The van der Waals surface area contributed by atoms with E-state index in [2.05, 4.69) is 15.6 Å². The van der Waals surface area contributed by atoms with Gasteiger partial charge >= 0.3 is 0 Å². The predicted molar refractivity (Wildman–Crippen MR) is 124 cm³/mol. The van der Waals surface area contributed by atoms with E-state index in [1.807, 2.05) is 49.6 Å². The molecule has 0 spiro atoms. The Morgan fingerprint density at radius 2 is 1.93 bits per heavy atom. The summed E-state index contributed by atoms with van der Waals surface area (Å²) in [6, 6.07) is 15.3. The third-order valence-corrected chi connectivity index (χ3v) is 6.91. The Morgan fingerprint density at radius 3 is 2.70 bits per heavy atom. The molecule has 0 saturated heterocycles. The van der Waals surface area contributed by atoms with Gasteiger partial charge in [-0.2, -0.15) is 0 Å². The van der Waals surface area contributed by atoms with E-state index in [9.17, 15) is 9.59 Å². The van der Waals surface area contributed by atoms with Crippen molar-refractivity contribution in [3.8, 4) is 0 Å². The molecule has 2 N–H and O–H groups in total. The van der Waals surface area contributed by atoms with Crippen LogP contribution in [-0.4, -0.2) is 23.1 Å². The Morgan fingerprint density at radius 1 is 1.13 bits per heavy atom. The summed E-state index contributed by atoms with van der Waals surface area (Å²) >= 11 is 3.11. The zero-order valence-corrected chi connectivity index (χ0v) is 18.5. The van der Waals surface area contributed by atoms with Crippen molar-refractivity contribution in [3.63, 3.8) is 0 Å². The number of thioether (sulfide) groups is 1. The Hall–Kier alpha value is -2.64. The van der Waals surface area contributed by atoms with E-state index < -0.39 is 0 Å². The van der Waals surface area contributed by atoms with Crippen LogP contribution in [0.3, 0.4) is 0 Å². The second-order valence-electron chi connectivity index (χ2n) is 7.31. The van der Waals surface area contributed by atoms with Crippen LogP contribution in [-0.2, 0) is 11.2 Å². The summed E-state index contributed by atoms with van der Waals surface area (Å²) in [5, 5.41) is 6.48. The molecule has 1 atom stereocenters. The van der Waals surface area contributed by atoms with E-state index in [0.29, 0.717) is 10.7 Å². The lowest BCUT2D eigenvalue weighted by molar-refractivity contribution is -0.117. The Bertz CT molecular complexity index is 1080. The number of hydrogen-bond acceptors (Lipinski definition) is 5. The number of anilines is 2. The summed E-state index contributed by atoms with van der Waals surface area (Å²) < 4.78 is 0. The predicted octanol–water partition coefficient (Wildman–Crippen LogP) is 5.48. The number of aryl methyl sites for hydroxylation is 2. The van der Waals surface area contributed by atoms with Crippen LogP contribution >= 0.6 is 23.1 Å². The molecule has 1 aliphatic carbocycles. The number of carbonyl (C=O) groups is 2. The molecule has 154 valence electrons. The second kappa shape index (κ2) is 9.02. The quantitative estimate of drug-likeness (QED) is 0.518. The molecule has 1 aliphatic rings. The second-order valence-corrected chi connectivity index (χ2v) is 9.28. The summed E-state index contributed by atoms with van der Waals surface area (Å²) in [7, 11) is 0. The maximum atomic E-state index is 13.0. The highest BCUT2D eigenvalue weighted by Crippen LogP contribution is 2.37. The Labute approximate surface area is 184 Å². The topological polar surface area (TPSA) is 71.1 Å². The lowest BCUT2D eigenvalue weighted by Gasteiger charge is -2.20. The van der Waals surface area contributed by atoms with E-state index in [1.54, 1.807) is 23.9 Å². The van der Waals surface area contributed by atoms with E-state index in [-0.39, 0.29) is 17.7 Å². The smallest absolute Gasteiger partial charge is 0.257 e. The van der Waals surface area contributed by atoms with Gasteiger partial charge in [0.25, 0.3) is 5.91 Å². The molecular formula is C23H23N3O2S2. The summed E-state index contributed by atoms with van der Waals surface area (Å²) in [6.07, 6.45) is 4.59. The monoisotopic (exact) mass is 437 g/mol. The maximum Gasteiger partial charge on any atom is 0.257 e. The fourth-order valence-electron chi connectivity index (χ4n) is 3.53. The van der Waals surface area contributed by atoms with Gasteiger partial charge < -0.3 is 5.32 Å². The van der Waals surface area contributed by atoms with E-state index in [4.69, 9.17) is 0 Å². The number of nitrogens with zero attached hydrogens (tertiary/aromatic N) is 1. The molecule has 1 heterocycles. The molecule has 3 aromatic rings. The first-order chi connectivity index (χ1) is 14.5. The highest BCUT2D eigenvalue weighted by atomic mass is 32.2. The molecule has 2 aromatic carbocycles. The van der Waals surface area contributed by atoms with Gasteiger partial charge in [-0.1, -0.05) is 23.8 Å². The van der Waals surface area contributed by atoms with Gasteiger partial charge in [-0.15, -0.1) is 23.1 Å². The van der Waals surface area contributed by atoms with Crippen molar-refractivity contribution < 1.29 is 9.59 Å². The molecule has 4 rings (SSSR count). The standard InChI is InChI=1S/C23H23N3O2S2/c1-14-9-11-15(12-10-14)21(27)26-23-25-20-18(7-4-8-19(20)30-23)22(28)24-16-5-3-6-17(13-16)29-2/h3,5-6,9-13,18H,4,7-8H2,1-2H3,(H,24,28)(H,25,26,27). The molecule has 1 unspecified atom stereocenters. The fourth-order valence-corrected chi connectivity index (χ4v) is 5.05. The van der Waals surface area contributed by atoms with Crippen LogP contribution in [0.15, 0.2) is 53.4 Å². The van der Waals surface area contributed by atoms with Gasteiger partial charge in [-0.25, -0.2) is 4.98 Å². The molecule has 5 nitrogen and oxygen atoms in total. The molecule has 0 fully saturated rings. The molecule has 7 heteroatoms. The van der Waals surface area contributed by atoms with Gasteiger partial charge in [0.05, 0.1) is 11.6 Å². The van der Waals surface area contributed by atoms with Gasteiger partial charge in [-0.05, 0) is 62.8 Å². The molecule has 0 saturated carbocycles. The molecule has 0 aliphatic heterocycles. The number of thiazole rings is 1. The van der Waals surface area contributed by atoms with Crippen molar-refractivity contribution in [2.24, 2.45) is 0 Å². The van der Waals surface area contributed by atoms with E-state index in [0.717, 1.165) is 46.0 Å². The highest BCUT2D eigenvalue weighted by Gasteiger charge is 2.30. The molecule has 30 heavy (non-hydrogen) atoms. The Kier molecular flexibility index (Phi) is 6.20. The normalized spacial score (nSPS) is 15.3. The van der Waals surface area contributed by atoms with Crippen LogP contribution in [0.5, 0.6) is 0 Å². The van der Waals surface area contributed by atoms with Crippen LogP contribution in [0.25, 0.3) is 0 Å². The fraction of sp³-hybridized carbons (Fsp3) is 0.261. The molecule has 0 radical (unpaired) electrons. The van der Waals surface area contributed by atoms with Crippen molar-refractivity contribution in [2.45, 2.75) is 37.0 Å². The number of amides is 2. The van der Waals surface area contributed by atoms with Crippen molar-refractivity contribution in [1.29, 1.82) is 0 Å². The minimum absolute atomic E-state index is 0.0454. The number of hydrogen-bond donors (Lipinski definition) is 2. The first-order valence-corrected chi connectivity index (χ1v) is 11.9. The summed E-state index contributed by atoms with van der Waals surface area (Å²) in [5.41, 5.74) is 3.29. The maximum absolute atomic E-state index is 13.0. The van der Waals surface area contributed by atoms with E-state index >= 15 is 0 Å². The zero-order valence-electron chi connectivity index (χ0n) is 16.9. The van der Waals surface area contributed by atoms with Gasteiger partial charge in [0.15, 0.2) is 5.13 Å². The first-order valence-electron chi connectivity index (χ1n) is 9.86. The number of carbonyl (C=O) groups excluding carboxylic acids is 2. The van der Waals surface area contributed by atoms with Crippen LogP contribution in [0.1, 0.15) is 45.3 Å². The van der Waals surface area contributed by atoms with Crippen LogP contribution in [0.4, 0.5) is 10.8 Å². The number of nitrogens with one attached hydrogen (secondary N) is 2. The Balaban J connectivity index is 1.50. The number of fused-ring (bicyclic) bond motifs is 1. The molecule has 0 bridgehead atoms. The lowest BCUT2D eigenvalue weighted by Crippen LogP contribution is -2.24. The minimum Gasteiger partial charge on any atom is -0.325 e. The van der Waals surface area contributed by atoms with Crippen LogP contribution < -0.4 is 10.6 Å². The number of benzene rings is 2. The summed E-state index contributed by atoms with van der Waals surface area (Å²) in [5.74, 6) is -0.528. The van der Waals surface area contributed by atoms with Crippen molar-refractivity contribution in [3.05, 3.63) is 70.2 Å². The average molecular weight is 438 g/mol. The van der Waals surface area contributed by atoms with Gasteiger partial charge in [0.2, 0.25) is 5.91 Å². The van der Waals surface area contributed by atoms with Crippen molar-refractivity contribution in [2.75, 3.05) is 16.9 Å². The molecule has 1 aromatic heterocycles. The van der Waals surface area contributed by atoms with Crippen molar-refractivity contribution >= 4 is 45.7 Å². The SMILES string of the molecule is CSc1cccc(NC(=O)C2CCCc3sc(NC(=O)c4ccc(C)cc4)nc32)c1. The minimum atomic E-state index is -0.298. The largest absolute Gasteiger partial charge is 0.325 e. The van der Waals surface area contributed by atoms with Gasteiger partial charge in [-0.3, -0.25) is 14.9 Å². The average Bonchev–Trinajstić information content (AvgIpc) is 3.16. The van der Waals surface area contributed by atoms with Crippen molar-refractivity contribution in [1.82, 2.24) is 4.98 Å². The van der Waals surface area contributed by atoms with Gasteiger partial charge in [0.1, 0.15) is 0 Å². The highest BCUT2D eigenvalue weighted by molar-refractivity contribution is 7.98. The van der Waals surface area contributed by atoms with Gasteiger partial charge in [0, 0.05) is 21.0 Å². The molecular weight excluding hydrogens is 414 g/mol. The summed E-state index contributed by atoms with van der Waals surface area (Å²) in [4.78, 5) is 32.3. The number of aromatic nitrogens is 1. The van der Waals surface area contributed by atoms with Crippen LogP contribution in [0, 0.1) is 6.92 Å². The third kappa shape index (κ3) is 4.57. The molecule has 2 amide bonds. The lowest BCUT2D eigenvalue weighted by atomic mass is 9.90.